The van der Waals surface area contributed by atoms with Crippen LogP contribution in [0.2, 0.25) is 0 Å². The molecule has 0 spiro atoms. The summed E-state index contributed by atoms with van der Waals surface area (Å²) < 4.78 is 5.10. The van der Waals surface area contributed by atoms with Gasteiger partial charge in [0.05, 0.1) is 12.5 Å². The van der Waals surface area contributed by atoms with Gasteiger partial charge in [-0.1, -0.05) is 0 Å². The van der Waals surface area contributed by atoms with Gasteiger partial charge in [-0.15, -0.1) is 0 Å². The number of carboxylic acid groups (broad SMARTS) is 1. The molecule has 100 valence electrons. The Labute approximate surface area is 107 Å². The van der Waals surface area contributed by atoms with E-state index in [4.69, 9.17) is 9.84 Å². The number of carboxylic acids is 1. The molecule has 1 rings (SSSR count). The van der Waals surface area contributed by atoms with Crippen LogP contribution in [0.3, 0.4) is 0 Å². The van der Waals surface area contributed by atoms with Crippen molar-refractivity contribution >= 4 is 5.97 Å². The average Bonchev–Trinajstić information content (AvgIpc) is 2.29. The Morgan fingerprint density at radius 2 is 1.89 bits per heavy atom. The molecule has 0 saturated carbocycles. The average molecular weight is 252 g/mol. The van der Waals surface area contributed by atoms with Crippen LogP contribution in [-0.2, 0) is 11.2 Å². The lowest BCUT2D eigenvalue weighted by Crippen LogP contribution is -2.26. The smallest absolute Gasteiger partial charge is 0.309 e. The molecule has 0 aliphatic heterocycles. The first kappa shape index (κ1) is 14.4. The third-order valence-corrected chi connectivity index (χ3v) is 3.37. The normalized spacial score (nSPS) is 11.4. The van der Waals surface area contributed by atoms with E-state index < -0.39 is 11.4 Å². The minimum absolute atomic E-state index is 0.117. The summed E-state index contributed by atoms with van der Waals surface area (Å²) in [5, 5.41) is 19.0. The number of phenols is 1. The quantitative estimate of drug-likeness (QED) is 0.864. The summed E-state index contributed by atoms with van der Waals surface area (Å²) in [5.74, 6) is -0.340. The van der Waals surface area contributed by atoms with E-state index in [1.165, 1.54) is 7.11 Å². The highest BCUT2D eigenvalue weighted by Crippen LogP contribution is 2.36. The van der Waals surface area contributed by atoms with E-state index in [2.05, 4.69) is 0 Å². The summed E-state index contributed by atoms with van der Waals surface area (Å²) in [5.41, 5.74) is 1.67. The van der Waals surface area contributed by atoms with Crippen molar-refractivity contribution < 1.29 is 19.7 Å². The predicted octanol–water partition coefficient (Wildman–Crippen LogP) is 2.67. The van der Waals surface area contributed by atoms with Gasteiger partial charge in [0.25, 0.3) is 0 Å². The lowest BCUT2D eigenvalue weighted by atomic mass is 9.83. The summed E-state index contributed by atoms with van der Waals surface area (Å²) in [4.78, 5) is 11.2. The minimum Gasteiger partial charge on any atom is -0.504 e. The molecule has 0 aliphatic carbocycles. The molecule has 0 bridgehead atoms. The first-order valence-corrected chi connectivity index (χ1v) is 5.80. The van der Waals surface area contributed by atoms with Gasteiger partial charge in [-0.25, -0.2) is 0 Å². The van der Waals surface area contributed by atoms with Crippen LogP contribution in [0.25, 0.3) is 0 Å². The van der Waals surface area contributed by atoms with Gasteiger partial charge in [0.15, 0.2) is 11.5 Å². The van der Waals surface area contributed by atoms with E-state index in [-0.39, 0.29) is 5.75 Å². The van der Waals surface area contributed by atoms with Gasteiger partial charge >= 0.3 is 5.97 Å². The first-order valence-electron chi connectivity index (χ1n) is 5.80. The molecule has 0 aromatic heterocycles. The molecule has 0 saturated heterocycles. The molecule has 1 aromatic carbocycles. The molecule has 0 atom stereocenters. The minimum atomic E-state index is -0.848. The van der Waals surface area contributed by atoms with Gasteiger partial charge < -0.3 is 14.9 Å². The fourth-order valence-corrected chi connectivity index (χ4v) is 1.83. The third-order valence-electron chi connectivity index (χ3n) is 3.37. The predicted molar refractivity (Wildman–Crippen MR) is 69.3 cm³/mol. The summed E-state index contributed by atoms with van der Waals surface area (Å²) in [6.45, 7) is 7.04. The van der Waals surface area contributed by atoms with Crippen LogP contribution in [0, 0.1) is 19.3 Å². The van der Waals surface area contributed by atoms with Crippen molar-refractivity contribution in [1.82, 2.24) is 0 Å². The van der Waals surface area contributed by atoms with Crippen LogP contribution in [0.15, 0.2) is 6.07 Å². The van der Waals surface area contributed by atoms with Gasteiger partial charge in [0, 0.05) is 0 Å². The topological polar surface area (TPSA) is 66.8 Å². The first-order chi connectivity index (χ1) is 8.20. The Hall–Kier alpha value is -1.71. The number of ether oxygens (including phenoxy) is 1. The zero-order valence-corrected chi connectivity index (χ0v) is 11.5. The highest BCUT2D eigenvalue weighted by molar-refractivity contribution is 5.74. The number of methoxy groups -OCH3 is 1. The molecule has 0 aliphatic rings. The summed E-state index contributed by atoms with van der Waals surface area (Å²) in [6.07, 6.45) is 0.394. The van der Waals surface area contributed by atoms with Crippen molar-refractivity contribution in [3.8, 4) is 11.5 Å². The van der Waals surface area contributed by atoms with Crippen LogP contribution in [0.5, 0.6) is 11.5 Å². The lowest BCUT2D eigenvalue weighted by molar-refractivity contribution is -0.146. The van der Waals surface area contributed by atoms with Crippen molar-refractivity contribution in [2.45, 2.75) is 34.1 Å². The highest BCUT2D eigenvalue weighted by atomic mass is 16.5. The van der Waals surface area contributed by atoms with E-state index in [1.807, 2.05) is 6.92 Å². The number of aromatic hydroxyl groups is 1. The molecule has 2 N–H and O–H groups in total. The molecular formula is C14H20O4. The van der Waals surface area contributed by atoms with Gasteiger partial charge in [0.2, 0.25) is 0 Å². The van der Waals surface area contributed by atoms with Gasteiger partial charge in [-0.2, -0.15) is 0 Å². The Kier molecular flexibility index (Phi) is 3.89. The van der Waals surface area contributed by atoms with Crippen LogP contribution < -0.4 is 4.74 Å². The summed E-state index contributed by atoms with van der Waals surface area (Å²) >= 11 is 0. The number of benzene rings is 1. The van der Waals surface area contributed by atoms with Gasteiger partial charge in [0.1, 0.15) is 0 Å². The number of aliphatic carboxylic acids is 1. The fraction of sp³-hybridized carbons (Fsp3) is 0.500. The Balaban J connectivity index is 3.26. The van der Waals surface area contributed by atoms with Crippen LogP contribution in [0.4, 0.5) is 0 Å². The molecule has 0 amide bonds. The van der Waals surface area contributed by atoms with Crippen molar-refractivity contribution in [3.05, 3.63) is 22.8 Å². The zero-order valence-electron chi connectivity index (χ0n) is 11.5. The van der Waals surface area contributed by atoms with Crippen molar-refractivity contribution in [2.75, 3.05) is 7.11 Å². The van der Waals surface area contributed by atoms with Crippen molar-refractivity contribution in [1.29, 1.82) is 0 Å². The van der Waals surface area contributed by atoms with Crippen molar-refractivity contribution in [3.63, 3.8) is 0 Å². The third kappa shape index (κ3) is 2.58. The number of hydrogen-bond donors (Lipinski definition) is 2. The second kappa shape index (κ2) is 4.88. The molecule has 0 heterocycles. The SMILES string of the molecule is COc1cc(CC(C)(C)C(=O)O)c(C)c(C)c1O. The Bertz CT molecular complexity index is 475. The van der Waals surface area contributed by atoms with E-state index >= 15 is 0 Å². The Morgan fingerprint density at radius 3 is 2.33 bits per heavy atom. The van der Waals surface area contributed by atoms with Crippen LogP contribution in [-0.4, -0.2) is 23.3 Å². The van der Waals surface area contributed by atoms with Crippen molar-refractivity contribution in [2.24, 2.45) is 5.41 Å². The highest BCUT2D eigenvalue weighted by Gasteiger charge is 2.29. The van der Waals surface area contributed by atoms with E-state index in [9.17, 15) is 9.90 Å². The molecule has 1 aromatic rings. The molecule has 0 fully saturated rings. The number of carbonyl (C=O) groups is 1. The van der Waals surface area contributed by atoms with Crippen LogP contribution >= 0.6 is 0 Å². The van der Waals surface area contributed by atoms with E-state index in [0.29, 0.717) is 12.2 Å². The molecule has 0 unspecified atom stereocenters. The number of rotatable bonds is 4. The van der Waals surface area contributed by atoms with Crippen LogP contribution in [0.1, 0.15) is 30.5 Å². The lowest BCUT2D eigenvalue weighted by Gasteiger charge is -2.22. The maximum atomic E-state index is 11.2. The number of hydrogen-bond acceptors (Lipinski definition) is 3. The maximum absolute atomic E-state index is 11.2. The standard InChI is InChI=1S/C14H20O4/c1-8-9(2)12(15)11(18-5)6-10(8)7-14(3,4)13(16)17/h6,15H,7H2,1-5H3,(H,16,17). The molecule has 4 nitrogen and oxygen atoms in total. The molecule has 4 heteroatoms. The number of phenolic OH excluding ortho intramolecular Hbond substituents is 1. The summed E-state index contributed by atoms with van der Waals surface area (Å²) in [7, 11) is 1.48. The fourth-order valence-electron chi connectivity index (χ4n) is 1.83. The second-order valence-corrected chi connectivity index (χ2v) is 5.20. The summed E-state index contributed by atoms with van der Waals surface area (Å²) in [6, 6.07) is 1.71. The van der Waals surface area contributed by atoms with E-state index in [1.54, 1.807) is 26.8 Å². The van der Waals surface area contributed by atoms with E-state index in [0.717, 1.165) is 16.7 Å². The monoisotopic (exact) mass is 252 g/mol. The second-order valence-electron chi connectivity index (χ2n) is 5.20. The Morgan fingerprint density at radius 1 is 1.33 bits per heavy atom. The zero-order chi connectivity index (χ0) is 14.1. The van der Waals surface area contributed by atoms with Gasteiger partial charge in [-0.3, -0.25) is 4.79 Å². The molecule has 0 radical (unpaired) electrons. The largest absolute Gasteiger partial charge is 0.504 e. The molecular weight excluding hydrogens is 232 g/mol. The maximum Gasteiger partial charge on any atom is 0.309 e. The van der Waals surface area contributed by atoms with Gasteiger partial charge in [-0.05, 0) is 56.9 Å². The molecule has 18 heavy (non-hydrogen) atoms.